The molecule has 198 valence electrons. The number of nitrogens with zero attached hydrogens (tertiary/aromatic N) is 2. The minimum Gasteiger partial charge on any atom is -0.497 e. The first kappa shape index (κ1) is 26.4. The highest BCUT2D eigenvalue weighted by Gasteiger charge is 2.35. The fourth-order valence-corrected chi connectivity index (χ4v) is 4.39. The molecule has 2 aliphatic heterocycles. The van der Waals surface area contributed by atoms with Gasteiger partial charge in [0, 0.05) is 50.0 Å². The number of benzene rings is 2. The zero-order valence-corrected chi connectivity index (χ0v) is 21.1. The van der Waals surface area contributed by atoms with E-state index >= 15 is 0 Å². The molecular weight excluding hydrogens is 476 g/mol. The summed E-state index contributed by atoms with van der Waals surface area (Å²) in [5.74, 6) is 0.317. The monoisotopic (exact) mass is 510 g/mol. The van der Waals surface area contributed by atoms with Crippen molar-refractivity contribution in [1.82, 2.24) is 10.2 Å². The summed E-state index contributed by atoms with van der Waals surface area (Å²) in [5, 5.41) is 5.73. The third-order valence-corrected chi connectivity index (χ3v) is 6.42. The van der Waals surface area contributed by atoms with E-state index in [0.717, 1.165) is 39.3 Å². The maximum absolute atomic E-state index is 12.6. The van der Waals surface area contributed by atoms with Crippen molar-refractivity contribution in [2.75, 3.05) is 69.9 Å². The van der Waals surface area contributed by atoms with Gasteiger partial charge in [-0.25, -0.2) is 0 Å². The van der Waals surface area contributed by atoms with Crippen LogP contribution in [-0.2, 0) is 19.1 Å². The van der Waals surface area contributed by atoms with Crippen molar-refractivity contribution in [3.63, 3.8) is 0 Å². The summed E-state index contributed by atoms with van der Waals surface area (Å²) in [7, 11) is 1.56. The van der Waals surface area contributed by atoms with Gasteiger partial charge in [-0.1, -0.05) is 6.07 Å². The first-order valence-electron chi connectivity index (χ1n) is 12.6. The number of hydrogen-bond acceptors (Lipinski definition) is 7. The molecule has 0 saturated carbocycles. The second-order valence-electron chi connectivity index (χ2n) is 9.07. The van der Waals surface area contributed by atoms with Crippen LogP contribution in [0.1, 0.15) is 12.8 Å². The van der Waals surface area contributed by atoms with E-state index in [2.05, 4.69) is 15.5 Å². The van der Waals surface area contributed by atoms with Gasteiger partial charge in [0.1, 0.15) is 11.5 Å². The standard InChI is InChI=1S/C27H34N4O6/c1-35-24-5-2-4-21(17-24)29-25(32)19-37-23-8-6-22(7-9-23)31-18-20(16-26(31)33)27(34)28-10-3-11-30-12-14-36-15-13-30/h2,4-9,17,20H,3,10-16,18-19H2,1H3,(H,28,34)(H,29,32)/t20-/m1/s1. The molecule has 2 aromatic carbocycles. The first-order chi connectivity index (χ1) is 18.0. The zero-order valence-electron chi connectivity index (χ0n) is 21.1. The highest BCUT2D eigenvalue weighted by molar-refractivity contribution is 6.00. The molecule has 3 amide bonds. The predicted molar refractivity (Wildman–Crippen MR) is 139 cm³/mol. The summed E-state index contributed by atoms with van der Waals surface area (Å²) in [6.45, 7) is 5.10. The Labute approximate surface area is 216 Å². The molecule has 1 atom stereocenters. The van der Waals surface area contributed by atoms with Gasteiger partial charge in [-0.3, -0.25) is 19.3 Å². The molecule has 0 unspecified atom stereocenters. The van der Waals surface area contributed by atoms with E-state index in [1.807, 2.05) is 0 Å². The molecule has 10 heteroatoms. The molecule has 0 bridgehead atoms. The van der Waals surface area contributed by atoms with Gasteiger partial charge >= 0.3 is 0 Å². The molecule has 2 fully saturated rings. The maximum Gasteiger partial charge on any atom is 0.262 e. The Morgan fingerprint density at radius 3 is 2.62 bits per heavy atom. The average Bonchev–Trinajstić information content (AvgIpc) is 3.32. The Bertz CT molecular complexity index is 1070. The van der Waals surface area contributed by atoms with Gasteiger partial charge in [-0.15, -0.1) is 0 Å². The Morgan fingerprint density at radius 1 is 1.08 bits per heavy atom. The van der Waals surface area contributed by atoms with Gasteiger partial charge in [-0.05, 0) is 49.4 Å². The maximum atomic E-state index is 12.6. The molecule has 2 saturated heterocycles. The minimum absolute atomic E-state index is 0.0835. The van der Waals surface area contributed by atoms with Crippen LogP contribution < -0.4 is 25.0 Å². The van der Waals surface area contributed by atoms with Crippen LogP contribution in [-0.4, -0.2) is 82.3 Å². The van der Waals surface area contributed by atoms with E-state index in [1.165, 1.54) is 0 Å². The van der Waals surface area contributed by atoms with E-state index in [0.29, 0.717) is 36.0 Å². The lowest BCUT2D eigenvalue weighted by Gasteiger charge is -2.26. The number of hydrogen-bond donors (Lipinski definition) is 2. The van der Waals surface area contributed by atoms with Crippen LogP contribution in [0.2, 0.25) is 0 Å². The van der Waals surface area contributed by atoms with Crippen molar-refractivity contribution in [3.05, 3.63) is 48.5 Å². The Balaban J connectivity index is 1.19. The molecule has 0 aliphatic carbocycles. The normalized spacial score (nSPS) is 17.9. The SMILES string of the molecule is COc1cccc(NC(=O)COc2ccc(N3C[C@H](C(=O)NCCCN4CCOCC4)CC3=O)cc2)c1. The third-order valence-electron chi connectivity index (χ3n) is 6.42. The molecular formula is C27H34N4O6. The summed E-state index contributed by atoms with van der Waals surface area (Å²) in [6, 6.07) is 14.0. The second kappa shape index (κ2) is 13.1. The van der Waals surface area contributed by atoms with E-state index < -0.39 is 0 Å². The van der Waals surface area contributed by atoms with Crippen molar-refractivity contribution >= 4 is 29.1 Å². The quantitative estimate of drug-likeness (QED) is 0.445. The van der Waals surface area contributed by atoms with Crippen molar-refractivity contribution in [3.8, 4) is 11.5 Å². The molecule has 0 radical (unpaired) electrons. The lowest BCUT2D eigenvalue weighted by atomic mass is 10.1. The summed E-state index contributed by atoms with van der Waals surface area (Å²) in [5.41, 5.74) is 1.31. The van der Waals surface area contributed by atoms with Crippen LogP contribution in [0.4, 0.5) is 11.4 Å². The summed E-state index contributed by atoms with van der Waals surface area (Å²) >= 11 is 0. The van der Waals surface area contributed by atoms with E-state index in [9.17, 15) is 14.4 Å². The van der Waals surface area contributed by atoms with Gasteiger partial charge < -0.3 is 29.7 Å². The number of ether oxygens (including phenoxy) is 3. The number of carbonyl (C=O) groups is 3. The summed E-state index contributed by atoms with van der Waals surface area (Å²) < 4.78 is 16.1. The van der Waals surface area contributed by atoms with Gasteiger partial charge in [0.25, 0.3) is 5.91 Å². The zero-order chi connectivity index (χ0) is 26.0. The predicted octanol–water partition coefficient (Wildman–Crippen LogP) is 1.90. The molecule has 2 N–H and O–H groups in total. The molecule has 2 heterocycles. The highest BCUT2D eigenvalue weighted by atomic mass is 16.5. The van der Waals surface area contributed by atoms with E-state index in [-0.39, 0.29) is 36.7 Å². The summed E-state index contributed by atoms with van der Waals surface area (Å²) in [6.07, 6.45) is 1.06. The lowest BCUT2D eigenvalue weighted by Crippen LogP contribution is -2.39. The Kier molecular flexibility index (Phi) is 9.34. The van der Waals surface area contributed by atoms with Crippen molar-refractivity contribution < 1.29 is 28.6 Å². The molecule has 2 aliphatic rings. The molecule has 0 aromatic heterocycles. The van der Waals surface area contributed by atoms with Crippen molar-refractivity contribution in [2.45, 2.75) is 12.8 Å². The van der Waals surface area contributed by atoms with Crippen LogP contribution in [0, 0.1) is 5.92 Å². The smallest absolute Gasteiger partial charge is 0.262 e. The van der Waals surface area contributed by atoms with Crippen LogP contribution in [0.3, 0.4) is 0 Å². The van der Waals surface area contributed by atoms with E-state index in [1.54, 1.807) is 60.5 Å². The average molecular weight is 511 g/mol. The molecule has 2 aromatic rings. The largest absolute Gasteiger partial charge is 0.497 e. The molecule has 0 spiro atoms. The number of carbonyl (C=O) groups excluding carboxylic acids is 3. The van der Waals surface area contributed by atoms with Gasteiger partial charge in [0.2, 0.25) is 11.8 Å². The van der Waals surface area contributed by atoms with Gasteiger partial charge in [-0.2, -0.15) is 0 Å². The lowest BCUT2D eigenvalue weighted by molar-refractivity contribution is -0.126. The van der Waals surface area contributed by atoms with Crippen molar-refractivity contribution in [1.29, 1.82) is 0 Å². The van der Waals surface area contributed by atoms with Crippen LogP contribution in [0.25, 0.3) is 0 Å². The highest BCUT2D eigenvalue weighted by Crippen LogP contribution is 2.27. The summed E-state index contributed by atoms with van der Waals surface area (Å²) in [4.78, 5) is 41.3. The van der Waals surface area contributed by atoms with Gasteiger partial charge in [0.15, 0.2) is 6.61 Å². The molecule has 4 rings (SSSR count). The fourth-order valence-electron chi connectivity index (χ4n) is 4.39. The van der Waals surface area contributed by atoms with Crippen LogP contribution in [0.15, 0.2) is 48.5 Å². The van der Waals surface area contributed by atoms with Crippen LogP contribution in [0.5, 0.6) is 11.5 Å². The number of morpholine rings is 1. The molecule has 37 heavy (non-hydrogen) atoms. The van der Waals surface area contributed by atoms with Crippen molar-refractivity contribution in [2.24, 2.45) is 5.92 Å². The Morgan fingerprint density at radius 2 is 1.86 bits per heavy atom. The minimum atomic E-state index is -0.368. The third kappa shape index (κ3) is 7.68. The van der Waals surface area contributed by atoms with Crippen LogP contribution >= 0.6 is 0 Å². The van der Waals surface area contributed by atoms with E-state index in [4.69, 9.17) is 14.2 Å². The number of rotatable bonds is 11. The van der Waals surface area contributed by atoms with Gasteiger partial charge in [0.05, 0.1) is 26.2 Å². The topological polar surface area (TPSA) is 109 Å². The second-order valence-corrected chi connectivity index (χ2v) is 9.07. The number of amides is 3. The fraction of sp³-hybridized carbons (Fsp3) is 0.444. The first-order valence-corrected chi connectivity index (χ1v) is 12.6. The Hall–Kier alpha value is -3.63. The molecule has 10 nitrogen and oxygen atoms in total. The number of methoxy groups -OCH3 is 1. The number of nitrogens with one attached hydrogen (secondary N) is 2. The number of anilines is 2.